The summed E-state index contributed by atoms with van der Waals surface area (Å²) in [5, 5.41) is 3.71. The molecule has 0 bridgehead atoms. The number of ether oxygens (including phenoxy) is 2. The Labute approximate surface area is 166 Å². The summed E-state index contributed by atoms with van der Waals surface area (Å²) < 4.78 is 17.9. The van der Waals surface area contributed by atoms with E-state index in [1.54, 1.807) is 0 Å². The maximum absolute atomic E-state index is 6.18. The Kier molecular flexibility index (Phi) is 7.29. The van der Waals surface area contributed by atoms with Crippen LogP contribution in [0.3, 0.4) is 0 Å². The zero-order valence-corrected chi connectivity index (χ0v) is 18.9. The van der Waals surface area contributed by atoms with E-state index in [2.05, 4.69) is 63.2 Å². The highest BCUT2D eigenvalue weighted by atomic mass is 28.4. The van der Waals surface area contributed by atoms with Gasteiger partial charge in [-0.25, -0.2) is 0 Å². The third-order valence-electron chi connectivity index (χ3n) is 5.34. The Morgan fingerprint density at radius 3 is 2.48 bits per heavy atom. The van der Waals surface area contributed by atoms with Gasteiger partial charge in [0.1, 0.15) is 6.10 Å². The molecule has 27 heavy (non-hydrogen) atoms. The molecule has 0 saturated carbocycles. The molecule has 0 spiro atoms. The van der Waals surface area contributed by atoms with Crippen LogP contribution in [0.1, 0.15) is 40.2 Å². The van der Waals surface area contributed by atoms with Gasteiger partial charge in [0.15, 0.2) is 14.1 Å². The Hall–Kier alpha value is -1.16. The molecule has 0 aromatic heterocycles. The highest BCUT2D eigenvalue weighted by molar-refractivity contribution is 6.74. The van der Waals surface area contributed by atoms with Gasteiger partial charge >= 0.3 is 0 Å². The summed E-state index contributed by atoms with van der Waals surface area (Å²) >= 11 is 0. The molecule has 0 amide bonds. The van der Waals surface area contributed by atoms with Crippen molar-refractivity contribution in [3.05, 3.63) is 35.9 Å². The lowest BCUT2D eigenvalue weighted by Crippen LogP contribution is -2.41. The molecule has 0 radical (unpaired) electrons. The monoisotopic (exact) mass is 389 g/mol. The number of hydrogen-bond acceptors (Lipinski definition) is 4. The third kappa shape index (κ3) is 6.74. The van der Waals surface area contributed by atoms with Crippen LogP contribution in [-0.4, -0.2) is 39.5 Å². The van der Waals surface area contributed by atoms with E-state index in [0.717, 1.165) is 6.54 Å². The molecule has 1 aliphatic rings. The zero-order valence-electron chi connectivity index (χ0n) is 17.9. The van der Waals surface area contributed by atoms with Crippen molar-refractivity contribution >= 4 is 8.32 Å². The minimum absolute atomic E-state index is 0.0934. The largest absolute Gasteiger partial charge is 0.406 e. The van der Waals surface area contributed by atoms with Gasteiger partial charge in [0.05, 0.1) is 19.3 Å². The SMILES string of the molecule is CC1(C)OC[C@H]([C@@H](C#CCO[Si](C)(C)C(C)(C)C)NCc2ccccc2)O1. The van der Waals surface area contributed by atoms with Crippen molar-refractivity contribution in [1.29, 1.82) is 0 Å². The molecule has 1 aromatic rings. The van der Waals surface area contributed by atoms with E-state index >= 15 is 0 Å². The van der Waals surface area contributed by atoms with Crippen LogP contribution in [0.2, 0.25) is 18.1 Å². The second-order valence-electron chi connectivity index (χ2n) is 9.08. The molecule has 5 heteroatoms. The van der Waals surface area contributed by atoms with Crippen LogP contribution in [0, 0.1) is 11.8 Å². The van der Waals surface area contributed by atoms with Gasteiger partial charge in [-0.15, -0.1) is 0 Å². The molecule has 1 aromatic carbocycles. The molecule has 1 aliphatic heterocycles. The fraction of sp³-hybridized carbons (Fsp3) is 0.636. The maximum Gasteiger partial charge on any atom is 0.193 e. The van der Waals surface area contributed by atoms with E-state index < -0.39 is 14.1 Å². The van der Waals surface area contributed by atoms with Crippen LogP contribution >= 0.6 is 0 Å². The van der Waals surface area contributed by atoms with Gasteiger partial charge in [0, 0.05) is 6.54 Å². The van der Waals surface area contributed by atoms with Crippen LogP contribution in [0.4, 0.5) is 0 Å². The molecule has 4 nitrogen and oxygen atoms in total. The molecular weight excluding hydrogens is 354 g/mol. The predicted octanol–water partition coefficient (Wildman–Crippen LogP) is 4.32. The lowest BCUT2D eigenvalue weighted by Gasteiger charge is -2.35. The van der Waals surface area contributed by atoms with Crippen molar-refractivity contribution in [3.63, 3.8) is 0 Å². The average Bonchev–Trinajstić information content (AvgIpc) is 2.94. The van der Waals surface area contributed by atoms with Gasteiger partial charge in [-0.2, -0.15) is 0 Å². The van der Waals surface area contributed by atoms with E-state index in [1.807, 2.05) is 32.0 Å². The van der Waals surface area contributed by atoms with E-state index in [9.17, 15) is 0 Å². The zero-order chi connectivity index (χ0) is 20.1. The first-order valence-electron chi connectivity index (χ1n) is 9.72. The van der Waals surface area contributed by atoms with Gasteiger partial charge < -0.3 is 13.9 Å². The predicted molar refractivity (Wildman–Crippen MR) is 113 cm³/mol. The van der Waals surface area contributed by atoms with Crippen molar-refractivity contribution in [3.8, 4) is 11.8 Å². The van der Waals surface area contributed by atoms with Gasteiger partial charge in [-0.05, 0) is 37.5 Å². The Morgan fingerprint density at radius 1 is 1.26 bits per heavy atom. The normalized spacial score (nSPS) is 20.8. The van der Waals surface area contributed by atoms with Crippen molar-refractivity contribution in [2.24, 2.45) is 0 Å². The first kappa shape index (κ1) is 22.1. The van der Waals surface area contributed by atoms with E-state index in [0.29, 0.717) is 13.2 Å². The standard InChI is InChI=1S/C22H35NO3Si/c1-21(2,3)27(6,7)25-15-11-14-19(20-17-24-22(4,5)26-20)23-16-18-12-9-8-10-13-18/h8-10,12-13,19-20,23H,15-17H2,1-7H3/t19-,20-/m1/s1. The summed E-state index contributed by atoms with van der Waals surface area (Å²) in [6.45, 7) is 16.8. The van der Waals surface area contributed by atoms with Gasteiger partial charge in [-0.3, -0.25) is 5.32 Å². The summed E-state index contributed by atoms with van der Waals surface area (Å²) in [7, 11) is -1.78. The molecule has 1 saturated heterocycles. The Balaban J connectivity index is 2.00. The number of rotatable bonds is 6. The van der Waals surface area contributed by atoms with Crippen LogP contribution in [-0.2, 0) is 20.4 Å². The van der Waals surface area contributed by atoms with Gasteiger partial charge in [-0.1, -0.05) is 62.9 Å². The first-order chi connectivity index (χ1) is 12.5. The second kappa shape index (κ2) is 8.89. The van der Waals surface area contributed by atoms with Crippen molar-refractivity contribution < 1.29 is 13.9 Å². The number of benzene rings is 1. The van der Waals surface area contributed by atoms with E-state index in [-0.39, 0.29) is 17.2 Å². The van der Waals surface area contributed by atoms with Crippen LogP contribution in [0.15, 0.2) is 30.3 Å². The van der Waals surface area contributed by atoms with Crippen molar-refractivity contribution in [1.82, 2.24) is 5.32 Å². The van der Waals surface area contributed by atoms with Gasteiger partial charge in [0.2, 0.25) is 0 Å². The molecule has 150 valence electrons. The van der Waals surface area contributed by atoms with Crippen LogP contribution < -0.4 is 5.32 Å². The summed E-state index contributed by atoms with van der Waals surface area (Å²) in [5.41, 5.74) is 1.22. The highest BCUT2D eigenvalue weighted by Gasteiger charge is 2.38. The number of nitrogens with one attached hydrogen (secondary N) is 1. The fourth-order valence-electron chi connectivity index (χ4n) is 2.56. The van der Waals surface area contributed by atoms with Crippen LogP contribution in [0.5, 0.6) is 0 Å². The Bertz CT molecular complexity index is 656. The molecule has 1 fully saturated rings. The molecule has 0 aliphatic carbocycles. The summed E-state index contributed by atoms with van der Waals surface area (Å²) in [6, 6.07) is 10.2. The molecule has 1 heterocycles. The molecular formula is C22H35NO3Si. The second-order valence-corrected chi connectivity index (χ2v) is 13.9. The smallest absolute Gasteiger partial charge is 0.193 e. The minimum atomic E-state index is -1.78. The highest BCUT2D eigenvalue weighted by Crippen LogP contribution is 2.36. The molecule has 2 rings (SSSR count). The van der Waals surface area contributed by atoms with E-state index in [4.69, 9.17) is 13.9 Å². The maximum atomic E-state index is 6.18. The molecule has 0 unspecified atom stereocenters. The lowest BCUT2D eigenvalue weighted by molar-refractivity contribution is -0.139. The van der Waals surface area contributed by atoms with Crippen LogP contribution in [0.25, 0.3) is 0 Å². The average molecular weight is 390 g/mol. The number of hydrogen-bond donors (Lipinski definition) is 1. The Morgan fingerprint density at radius 2 is 1.93 bits per heavy atom. The van der Waals surface area contributed by atoms with Crippen molar-refractivity contribution in [2.45, 2.75) is 77.2 Å². The van der Waals surface area contributed by atoms with Crippen molar-refractivity contribution in [2.75, 3.05) is 13.2 Å². The fourth-order valence-corrected chi connectivity index (χ4v) is 3.43. The third-order valence-corrected chi connectivity index (χ3v) is 9.82. The first-order valence-corrected chi connectivity index (χ1v) is 12.6. The van der Waals surface area contributed by atoms with Gasteiger partial charge in [0.25, 0.3) is 0 Å². The minimum Gasteiger partial charge on any atom is -0.406 e. The lowest BCUT2D eigenvalue weighted by atomic mass is 10.1. The summed E-state index contributed by atoms with van der Waals surface area (Å²) in [6.07, 6.45) is -0.0934. The van der Waals surface area contributed by atoms with E-state index in [1.165, 1.54) is 5.56 Å². The molecule has 1 N–H and O–H groups in total. The molecule has 2 atom stereocenters. The summed E-state index contributed by atoms with van der Waals surface area (Å²) in [4.78, 5) is 0. The summed E-state index contributed by atoms with van der Waals surface area (Å²) in [5.74, 6) is 5.98. The quantitative estimate of drug-likeness (QED) is 0.581. The topological polar surface area (TPSA) is 39.7 Å².